The van der Waals surface area contributed by atoms with Crippen LogP contribution in [0, 0.1) is 5.41 Å². The van der Waals surface area contributed by atoms with Crippen molar-refractivity contribution in [3.8, 4) is 0 Å². The Morgan fingerprint density at radius 2 is 2.00 bits per heavy atom. The van der Waals surface area contributed by atoms with E-state index in [1.54, 1.807) is 6.26 Å². The predicted octanol–water partition coefficient (Wildman–Crippen LogP) is 4.78. The van der Waals surface area contributed by atoms with Crippen molar-refractivity contribution in [1.29, 1.82) is 0 Å². The Kier molecular flexibility index (Phi) is 5.36. The largest absolute Gasteiger partial charge is 0.468 e. The van der Waals surface area contributed by atoms with Crippen LogP contribution in [0.25, 0.3) is 0 Å². The monoisotopic (exact) mass is 270 g/mol. The summed E-state index contributed by atoms with van der Waals surface area (Å²) >= 11 is 6.62. The lowest BCUT2D eigenvalue weighted by Gasteiger charge is -2.30. The molecule has 1 aliphatic rings. The van der Waals surface area contributed by atoms with Gasteiger partial charge in [-0.05, 0) is 36.1 Å². The highest BCUT2D eigenvalue weighted by Crippen LogP contribution is 2.39. The van der Waals surface area contributed by atoms with Crippen molar-refractivity contribution in [2.45, 2.75) is 44.3 Å². The first-order chi connectivity index (χ1) is 8.35. The summed E-state index contributed by atoms with van der Waals surface area (Å²) in [5, 5.41) is 0. The van der Waals surface area contributed by atoms with Crippen LogP contribution in [-0.4, -0.2) is 11.5 Å². The van der Waals surface area contributed by atoms with E-state index in [1.807, 2.05) is 17.8 Å². The molecule has 0 N–H and O–H groups in total. The van der Waals surface area contributed by atoms with Crippen molar-refractivity contribution in [3.63, 3.8) is 0 Å². The van der Waals surface area contributed by atoms with Gasteiger partial charge in [0.1, 0.15) is 5.76 Å². The van der Waals surface area contributed by atoms with Crippen LogP contribution >= 0.6 is 24.4 Å². The summed E-state index contributed by atoms with van der Waals surface area (Å²) in [5.41, 5.74) is 0.483. The molecule has 0 saturated heterocycles. The zero-order chi connectivity index (χ0) is 12.0. The van der Waals surface area contributed by atoms with Gasteiger partial charge in [0, 0.05) is 5.75 Å². The minimum Gasteiger partial charge on any atom is -0.468 e. The normalized spacial score (nSPS) is 20.1. The first-order valence-corrected chi connectivity index (χ1v) is 8.34. The Morgan fingerprint density at radius 1 is 1.24 bits per heavy atom. The predicted molar refractivity (Wildman–Crippen MR) is 78.9 cm³/mol. The van der Waals surface area contributed by atoms with Crippen LogP contribution < -0.4 is 0 Å². The number of hydrogen-bond acceptors (Lipinski definition) is 3. The number of hydrogen-bond donors (Lipinski definition) is 1. The Morgan fingerprint density at radius 3 is 2.59 bits per heavy atom. The molecule has 1 heterocycles. The molecule has 2 rings (SSSR count). The van der Waals surface area contributed by atoms with Gasteiger partial charge in [0.15, 0.2) is 0 Å². The first-order valence-electron chi connectivity index (χ1n) is 6.56. The third-order valence-electron chi connectivity index (χ3n) is 3.73. The van der Waals surface area contributed by atoms with Crippen LogP contribution in [0.5, 0.6) is 0 Å². The molecule has 1 fully saturated rings. The van der Waals surface area contributed by atoms with Crippen molar-refractivity contribution < 1.29 is 4.42 Å². The average molecular weight is 270 g/mol. The number of furan rings is 1. The molecule has 3 heteroatoms. The molecule has 17 heavy (non-hydrogen) atoms. The fourth-order valence-electron chi connectivity index (χ4n) is 2.59. The molecule has 1 aromatic rings. The molecule has 0 aromatic carbocycles. The number of thiol groups is 1. The van der Waals surface area contributed by atoms with E-state index < -0.39 is 0 Å². The highest BCUT2D eigenvalue weighted by atomic mass is 32.2. The molecule has 0 spiro atoms. The maximum Gasteiger partial charge on any atom is 0.113 e. The first kappa shape index (κ1) is 13.4. The summed E-state index contributed by atoms with van der Waals surface area (Å²) in [4.78, 5) is 0. The smallest absolute Gasteiger partial charge is 0.113 e. The summed E-state index contributed by atoms with van der Waals surface area (Å²) in [6, 6.07) is 4.03. The molecule has 0 amide bonds. The molecule has 0 bridgehead atoms. The van der Waals surface area contributed by atoms with Crippen LogP contribution in [0.4, 0.5) is 0 Å². The summed E-state index contributed by atoms with van der Waals surface area (Å²) < 4.78 is 5.37. The second-order valence-corrected chi connectivity index (χ2v) is 6.45. The third-order valence-corrected chi connectivity index (χ3v) is 5.71. The molecule has 0 radical (unpaired) electrons. The number of thioether (sulfide) groups is 1. The fourth-order valence-corrected chi connectivity index (χ4v) is 4.46. The summed E-state index contributed by atoms with van der Waals surface area (Å²) in [6.45, 7) is 0. The molecule has 1 aliphatic carbocycles. The van der Waals surface area contributed by atoms with Gasteiger partial charge in [-0.3, -0.25) is 0 Å². The van der Waals surface area contributed by atoms with Crippen molar-refractivity contribution >= 4 is 24.4 Å². The maximum absolute atomic E-state index is 5.37. The van der Waals surface area contributed by atoms with Gasteiger partial charge < -0.3 is 4.42 Å². The highest BCUT2D eigenvalue weighted by Gasteiger charge is 2.29. The van der Waals surface area contributed by atoms with Gasteiger partial charge in [-0.1, -0.05) is 25.7 Å². The summed E-state index contributed by atoms with van der Waals surface area (Å²) in [6.07, 6.45) is 10.1. The lowest BCUT2D eigenvalue weighted by molar-refractivity contribution is 0.332. The van der Waals surface area contributed by atoms with Gasteiger partial charge in [0.2, 0.25) is 0 Å². The molecular weight excluding hydrogens is 248 g/mol. The van der Waals surface area contributed by atoms with Crippen molar-refractivity contribution in [2.24, 2.45) is 5.41 Å². The van der Waals surface area contributed by atoms with E-state index in [1.165, 1.54) is 44.3 Å². The molecule has 0 unspecified atom stereocenters. The van der Waals surface area contributed by atoms with Crippen LogP contribution in [0.2, 0.25) is 0 Å². The molecule has 1 nitrogen and oxygen atoms in total. The van der Waals surface area contributed by atoms with Crippen LogP contribution in [-0.2, 0) is 5.75 Å². The topological polar surface area (TPSA) is 13.1 Å². The van der Waals surface area contributed by atoms with E-state index >= 15 is 0 Å². The van der Waals surface area contributed by atoms with Crippen LogP contribution in [0.1, 0.15) is 44.3 Å². The van der Waals surface area contributed by atoms with E-state index in [9.17, 15) is 0 Å². The molecule has 1 aromatic heterocycles. The van der Waals surface area contributed by atoms with E-state index in [4.69, 9.17) is 4.42 Å². The highest BCUT2D eigenvalue weighted by molar-refractivity contribution is 7.98. The average Bonchev–Trinajstić information content (AvgIpc) is 2.75. The summed E-state index contributed by atoms with van der Waals surface area (Å²) in [7, 11) is 0. The molecule has 96 valence electrons. The minimum absolute atomic E-state index is 0.483. The second-order valence-electron chi connectivity index (χ2n) is 5.14. The van der Waals surface area contributed by atoms with Crippen molar-refractivity contribution in [3.05, 3.63) is 24.2 Å². The summed E-state index contributed by atoms with van der Waals surface area (Å²) in [5.74, 6) is 4.37. The molecule has 1 saturated carbocycles. The zero-order valence-electron chi connectivity index (χ0n) is 10.4. The maximum atomic E-state index is 5.37. The fraction of sp³-hybridized carbons (Fsp3) is 0.714. The lowest BCUT2D eigenvalue weighted by Crippen LogP contribution is -2.25. The Labute approximate surface area is 114 Å². The minimum atomic E-state index is 0.483. The van der Waals surface area contributed by atoms with Gasteiger partial charge in [-0.15, -0.1) is 0 Å². The molecule has 0 atom stereocenters. The van der Waals surface area contributed by atoms with Crippen LogP contribution in [0.15, 0.2) is 22.8 Å². The van der Waals surface area contributed by atoms with Crippen molar-refractivity contribution in [1.82, 2.24) is 0 Å². The SMILES string of the molecule is SCC1(CSCc2ccco2)CCCCCC1. The van der Waals surface area contributed by atoms with Gasteiger partial charge in [0.05, 0.1) is 12.0 Å². The molecule has 0 aliphatic heterocycles. The van der Waals surface area contributed by atoms with E-state index in [-0.39, 0.29) is 0 Å². The van der Waals surface area contributed by atoms with Crippen molar-refractivity contribution in [2.75, 3.05) is 11.5 Å². The van der Waals surface area contributed by atoms with Crippen LogP contribution in [0.3, 0.4) is 0 Å². The van der Waals surface area contributed by atoms with Gasteiger partial charge >= 0.3 is 0 Å². The van der Waals surface area contributed by atoms with E-state index in [0.29, 0.717) is 5.41 Å². The zero-order valence-corrected chi connectivity index (χ0v) is 12.1. The molecular formula is C14H22OS2. The van der Waals surface area contributed by atoms with Gasteiger partial charge in [-0.25, -0.2) is 0 Å². The Balaban J connectivity index is 1.81. The third kappa shape index (κ3) is 3.99. The second kappa shape index (κ2) is 6.79. The quantitative estimate of drug-likeness (QED) is 0.611. The van der Waals surface area contributed by atoms with Gasteiger partial charge in [0.25, 0.3) is 0 Å². The van der Waals surface area contributed by atoms with E-state index in [2.05, 4.69) is 18.7 Å². The Bertz CT molecular complexity index is 300. The lowest BCUT2D eigenvalue weighted by atomic mass is 9.84. The van der Waals surface area contributed by atoms with E-state index in [0.717, 1.165) is 17.3 Å². The Hall–Kier alpha value is -0.0200. The number of rotatable bonds is 5. The van der Waals surface area contributed by atoms with Gasteiger partial charge in [-0.2, -0.15) is 24.4 Å². The standard InChI is InChI=1S/C14H22OS2/c16-11-14(7-3-1-2-4-8-14)12-17-10-13-6-5-9-15-13/h5-6,9,16H,1-4,7-8,10-12H2.